The molecule has 2 heterocycles. The zero-order valence-corrected chi connectivity index (χ0v) is 14.6. The fraction of sp³-hybridized carbons (Fsp3) is 0.111. The van der Waals surface area contributed by atoms with Gasteiger partial charge in [0.2, 0.25) is 5.91 Å². The maximum atomic E-state index is 12.3. The molecule has 26 heavy (non-hydrogen) atoms. The van der Waals surface area contributed by atoms with Gasteiger partial charge in [-0.2, -0.15) is 0 Å². The zero-order chi connectivity index (χ0) is 18.5. The fourth-order valence-electron chi connectivity index (χ4n) is 2.25. The Balaban J connectivity index is 1.77. The predicted molar refractivity (Wildman–Crippen MR) is 98.3 cm³/mol. The first-order valence-corrected chi connectivity index (χ1v) is 8.59. The number of H-pyrrole nitrogens is 1. The Labute approximate surface area is 152 Å². The Morgan fingerprint density at radius 1 is 1.27 bits per heavy atom. The summed E-state index contributed by atoms with van der Waals surface area (Å²) < 4.78 is 5.71. The third kappa shape index (κ3) is 4.22. The molecule has 2 aromatic heterocycles. The topological polar surface area (TPSA) is 101 Å². The van der Waals surface area contributed by atoms with Crippen LogP contribution in [-0.2, 0) is 20.9 Å². The lowest BCUT2D eigenvalue weighted by molar-refractivity contribution is -0.141. The number of hydrogen-bond acceptors (Lipinski definition) is 6. The van der Waals surface area contributed by atoms with Crippen LogP contribution in [0.4, 0.5) is 0 Å². The van der Waals surface area contributed by atoms with Crippen LogP contribution in [0.2, 0.25) is 0 Å². The number of thiophene rings is 1. The number of aromatic amines is 1. The van der Waals surface area contributed by atoms with E-state index >= 15 is 0 Å². The maximum absolute atomic E-state index is 12.3. The summed E-state index contributed by atoms with van der Waals surface area (Å²) in [5.74, 6) is -0.886. The van der Waals surface area contributed by atoms with E-state index in [1.807, 2.05) is 18.2 Å². The second kappa shape index (κ2) is 7.75. The second-order valence-electron chi connectivity index (χ2n) is 5.37. The van der Waals surface area contributed by atoms with E-state index in [4.69, 9.17) is 4.74 Å². The molecule has 0 aliphatic carbocycles. The molecule has 0 bridgehead atoms. The zero-order valence-electron chi connectivity index (χ0n) is 13.8. The number of amides is 1. The molecule has 1 amide bonds. The van der Waals surface area contributed by atoms with Gasteiger partial charge in [-0.1, -0.05) is 30.3 Å². The minimum atomic E-state index is -0.725. The van der Waals surface area contributed by atoms with Crippen LogP contribution < -0.4 is 10.9 Å². The highest BCUT2D eigenvalue weighted by molar-refractivity contribution is 7.17. The summed E-state index contributed by atoms with van der Waals surface area (Å²) in [5, 5.41) is 4.22. The summed E-state index contributed by atoms with van der Waals surface area (Å²) in [6, 6.07) is 10.8. The Hall–Kier alpha value is -3.26. The molecule has 0 fully saturated rings. The van der Waals surface area contributed by atoms with Gasteiger partial charge in [-0.05, 0) is 23.1 Å². The molecule has 0 aliphatic rings. The van der Waals surface area contributed by atoms with Crippen LogP contribution in [0.1, 0.15) is 18.3 Å². The molecule has 2 N–H and O–H groups in total. The number of nitrogens with zero attached hydrogens (tertiary/aromatic N) is 1. The van der Waals surface area contributed by atoms with Gasteiger partial charge in [0, 0.05) is 6.92 Å². The number of aromatic nitrogens is 2. The fourth-order valence-corrected chi connectivity index (χ4v) is 2.98. The number of rotatable bonds is 5. The number of ether oxygens (including phenoxy) is 1. The van der Waals surface area contributed by atoms with Crippen molar-refractivity contribution in [1.29, 1.82) is 0 Å². The van der Waals surface area contributed by atoms with Crippen molar-refractivity contribution in [2.24, 2.45) is 0 Å². The average molecular weight is 369 g/mol. The normalized spacial score (nSPS) is 11.3. The van der Waals surface area contributed by atoms with E-state index in [-0.39, 0.29) is 23.7 Å². The van der Waals surface area contributed by atoms with E-state index < -0.39 is 11.9 Å². The molecule has 0 spiro atoms. The molecular formula is C18H15N3O4S. The number of carbonyl (C=O) groups excluding carboxylic acids is 2. The summed E-state index contributed by atoms with van der Waals surface area (Å²) >= 11 is 1.29. The number of esters is 1. The standard InChI is InChI=1S/C18H15N3O4S/c1-11(22)19-14(9-12-5-3-2-4-6-12)18(24)25-10-15-20-13-7-8-26-16(13)17(23)21-15/h2-9H,10H2,1H3,(H,19,22)(H,20,21,23)/b14-9-. The Kier molecular flexibility index (Phi) is 5.23. The van der Waals surface area contributed by atoms with Gasteiger partial charge in [0.15, 0.2) is 0 Å². The molecule has 3 rings (SSSR count). The van der Waals surface area contributed by atoms with E-state index in [0.29, 0.717) is 10.2 Å². The number of benzene rings is 1. The molecule has 0 unspecified atom stereocenters. The molecule has 0 atom stereocenters. The second-order valence-corrected chi connectivity index (χ2v) is 6.29. The van der Waals surface area contributed by atoms with Crippen LogP contribution in [0.25, 0.3) is 16.3 Å². The first-order valence-electron chi connectivity index (χ1n) is 7.71. The lowest BCUT2D eigenvalue weighted by atomic mass is 10.2. The van der Waals surface area contributed by atoms with Crippen molar-refractivity contribution in [3.05, 3.63) is 69.2 Å². The third-order valence-corrected chi connectivity index (χ3v) is 4.25. The highest BCUT2D eigenvalue weighted by Crippen LogP contribution is 2.14. The summed E-state index contributed by atoms with van der Waals surface area (Å²) in [7, 11) is 0. The van der Waals surface area contributed by atoms with E-state index in [9.17, 15) is 14.4 Å². The van der Waals surface area contributed by atoms with Crippen molar-refractivity contribution in [2.75, 3.05) is 0 Å². The molecule has 3 aromatic rings. The number of nitrogens with one attached hydrogen (secondary N) is 2. The van der Waals surface area contributed by atoms with Crippen LogP contribution in [0.3, 0.4) is 0 Å². The van der Waals surface area contributed by atoms with Gasteiger partial charge >= 0.3 is 5.97 Å². The number of hydrogen-bond donors (Lipinski definition) is 2. The van der Waals surface area contributed by atoms with Crippen molar-refractivity contribution in [3.8, 4) is 0 Å². The number of fused-ring (bicyclic) bond motifs is 1. The molecule has 8 heteroatoms. The maximum Gasteiger partial charge on any atom is 0.355 e. The Morgan fingerprint density at radius 3 is 2.77 bits per heavy atom. The van der Waals surface area contributed by atoms with Crippen molar-refractivity contribution >= 4 is 39.5 Å². The van der Waals surface area contributed by atoms with Gasteiger partial charge in [0.05, 0.1) is 5.52 Å². The molecular weight excluding hydrogens is 354 g/mol. The summed E-state index contributed by atoms with van der Waals surface area (Å²) in [4.78, 5) is 42.5. The lowest BCUT2D eigenvalue weighted by Gasteiger charge is -2.09. The Bertz CT molecular complexity index is 1040. The first-order chi connectivity index (χ1) is 12.5. The molecule has 1 aromatic carbocycles. The lowest BCUT2D eigenvalue weighted by Crippen LogP contribution is -2.26. The van der Waals surface area contributed by atoms with E-state index in [0.717, 1.165) is 5.56 Å². The number of carbonyl (C=O) groups is 2. The van der Waals surface area contributed by atoms with Gasteiger partial charge in [-0.3, -0.25) is 9.59 Å². The SMILES string of the molecule is CC(=O)N/C(=C\c1ccccc1)C(=O)OCc1nc2ccsc2c(=O)[nH]1. The predicted octanol–water partition coefficient (Wildman–Crippen LogP) is 2.21. The quantitative estimate of drug-likeness (QED) is 0.530. The molecule has 0 radical (unpaired) electrons. The summed E-state index contributed by atoms with van der Waals surface area (Å²) in [5.41, 5.74) is 1.01. The molecule has 7 nitrogen and oxygen atoms in total. The molecule has 0 saturated carbocycles. The van der Waals surface area contributed by atoms with Gasteiger partial charge in [0.25, 0.3) is 5.56 Å². The first kappa shape index (κ1) is 17.6. The van der Waals surface area contributed by atoms with Gasteiger partial charge in [0.1, 0.15) is 22.8 Å². The van der Waals surface area contributed by atoms with E-state index in [2.05, 4.69) is 15.3 Å². The van der Waals surface area contributed by atoms with Gasteiger partial charge < -0.3 is 15.0 Å². The molecule has 0 aliphatic heterocycles. The van der Waals surface area contributed by atoms with Crippen molar-refractivity contribution in [3.63, 3.8) is 0 Å². The van der Waals surface area contributed by atoms with Crippen LogP contribution in [0, 0.1) is 0 Å². The highest BCUT2D eigenvalue weighted by Gasteiger charge is 2.14. The largest absolute Gasteiger partial charge is 0.453 e. The average Bonchev–Trinajstić information content (AvgIpc) is 3.09. The molecule has 0 saturated heterocycles. The summed E-state index contributed by atoms with van der Waals surface area (Å²) in [6.45, 7) is 1.08. The monoisotopic (exact) mass is 369 g/mol. The van der Waals surface area contributed by atoms with E-state index in [1.54, 1.807) is 23.6 Å². The summed E-state index contributed by atoms with van der Waals surface area (Å²) in [6.07, 6.45) is 1.52. The smallest absolute Gasteiger partial charge is 0.355 e. The minimum absolute atomic E-state index is 0.00246. The highest BCUT2D eigenvalue weighted by atomic mass is 32.1. The van der Waals surface area contributed by atoms with Crippen LogP contribution in [0.5, 0.6) is 0 Å². The Morgan fingerprint density at radius 2 is 2.04 bits per heavy atom. The molecule has 132 valence electrons. The van der Waals surface area contributed by atoms with Crippen LogP contribution >= 0.6 is 11.3 Å². The van der Waals surface area contributed by atoms with E-state index in [1.165, 1.54) is 24.3 Å². The van der Waals surface area contributed by atoms with Crippen LogP contribution in [-0.4, -0.2) is 21.8 Å². The minimum Gasteiger partial charge on any atom is -0.453 e. The van der Waals surface area contributed by atoms with Crippen LogP contribution in [0.15, 0.2) is 52.3 Å². The third-order valence-electron chi connectivity index (χ3n) is 3.35. The van der Waals surface area contributed by atoms with Gasteiger partial charge in [-0.25, -0.2) is 9.78 Å². The van der Waals surface area contributed by atoms with Gasteiger partial charge in [-0.15, -0.1) is 11.3 Å². The van der Waals surface area contributed by atoms with Crippen molar-refractivity contribution in [1.82, 2.24) is 15.3 Å². The van der Waals surface area contributed by atoms with Crippen molar-refractivity contribution in [2.45, 2.75) is 13.5 Å². The van der Waals surface area contributed by atoms with Crippen molar-refractivity contribution < 1.29 is 14.3 Å².